The van der Waals surface area contributed by atoms with Crippen LogP contribution < -0.4 is 0 Å². The van der Waals surface area contributed by atoms with Crippen LogP contribution in [0.15, 0.2) is 17.5 Å². The number of hydrogen-bond acceptors (Lipinski definition) is 6. The van der Waals surface area contributed by atoms with Gasteiger partial charge >= 0.3 is 0 Å². The lowest BCUT2D eigenvalue weighted by Crippen LogP contribution is -2.47. The van der Waals surface area contributed by atoms with Crippen molar-refractivity contribution in [1.82, 2.24) is 20.1 Å². The van der Waals surface area contributed by atoms with Gasteiger partial charge in [0.2, 0.25) is 0 Å². The van der Waals surface area contributed by atoms with E-state index in [-0.39, 0.29) is 12.2 Å². The van der Waals surface area contributed by atoms with Gasteiger partial charge in [0, 0.05) is 19.7 Å². The van der Waals surface area contributed by atoms with Crippen molar-refractivity contribution in [3.05, 3.63) is 23.3 Å². The van der Waals surface area contributed by atoms with Gasteiger partial charge in [-0.3, -0.25) is 10.00 Å². The number of rotatable bonds is 4. The van der Waals surface area contributed by atoms with Crippen molar-refractivity contribution in [2.24, 2.45) is 0 Å². The molecule has 0 aromatic carbocycles. The second kappa shape index (κ2) is 6.45. The highest BCUT2D eigenvalue weighted by atomic mass is 32.1. The molecule has 0 radical (unpaired) electrons. The summed E-state index contributed by atoms with van der Waals surface area (Å²) in [4.78, 5) is 8.07. The minimum Gasteiger partial charge on any atom is -0.375 e. The molecule has 2 aliphatic heterocycles. The molecular weight excluding hydrogens is 300 g/mol. The van der Waals surface area contributed by atoms with Crippen LogP contribution in [0.25, 0.3) is 10.7 Å². The third-order valence-corrected chi connectivity index (χ3v) is 5.07. The first-order chi connectivity index (χ1) is 10.9. The molecule has 2 aromatic rings. The van der Waals surface area contributed by atoms with Gasteiger partial charge in [0.05, 0.1) is 30.2 Å². The maximum atomic E-state index is 5.88. The second-order valence-electron chi connectivity index (χ2n) is 5.78. The Balaban J connectivity index is 1.38. The maximum Gasteiger partial charge on any atom is 0.191 e. The topological polar surface area (TPSA) is 63.3 Å². The molecule has 0 saturated carbocycles. The van der Waals surface area contributed by atoms with E-state index in [2.05, 4.69) is 20.1 Å². The van der Waals surface area contributed by atoms with Gasteiger partial charge in [-0.25, -0.2) is 4.98 Å². The molecule has 2 saturated heterocycles. The molecule has 2 fully saturated rings. The van der Waals surface area contributed by atoms with Crippen molar-refractivity contribution >= 4 is 11.3 Å². The first-order valence-electron chi connectivity index (χ1n) is 7.79. The molecular formula is C15H20N4O2S. The second-order valence-corrected chi connectivity index (χ2v) is 6.73. The predicted molar refractivity (Wildman–Crippen MR) is 83.7 cm³/mol. The molecule has 0 unspecified atom stereocenters. The number of nitrogens with one attached hydrogen (secondary N) is 1. The lowest BCUT2D eigenvalue weighted by molar-refractivity contribution is -0.0963. The highest BCUT2D eigenvalue weighted by Crippen LogP contribution is 2.23. The number of thiophene rings is 1. The third kappa shape index (κ3) is 3.08. The van der Waals surface area contributed by atoms with E-state index in [4.69, 9.17) is 9.47 Å². The van der Waals surface area contributed by atoms with Gasteiger partial charge < -0.3 is 9.47 Å². The van der Waals surface area contributed by atoms with Crippen LogP contribution >= 0.6 is 11.3 Å². The molecule has 4 rings (SSSR count). The standard InChI is InChI=1S/C15H20N4O2S/c1-3-11(20-6-1)12-9-19(5-7-21-12)10-14-16-15(18-17-14)13-4-2-8-22-13/h2,4,8,11-12H,1,3,5-7,9-10H2,(H,16,17,18)/t11-,12+/m1/s1. The summed E-state index contributed by atoms with van der Waals surface area (Å²) in [6.07, 6.45) is 2.72. The van der Waals surface area contributed by atoms with Crippen LogP contribution in [-0.2, 0) is 16.0 Å². The van der Waals surface area contributed by atoms with Crippen molar-refractivity contribution in [3.63, 3.8) is 0 Å². The van der Waals surface area contributed by atoms with Gasteiger partial charge in [0.1, 0.15) is 5.82 Å². The van der Waals surface area contributed by atoms with Gasteiger partial charge in [0.15, 0.2) is 5.82 Å². The van der Waals surface area contributed by atoms with Crippen LogP contribution in [0.3, 0.4) is 0 Å². The van der Waals surface area contributed by atoms with Crippen LogP contribution in [-0.4, -0.2) is 58.6 Å². The van der Waals surface area contributed by atoms with Crippen molar-refractivity contribution in [3.8, 4) is 10.7 Å². The Bertz CT molecular complexity index is 594. The summed E-state index contributed by atoms with van der Waals surface area (Å²) in [5, 5.41) is 9.41. The predicted octanol–water partition coefficient (Wildman–Crippen LogP) is 1.91. The van der Waals surface area contributed by atoms with E-state index >= 15 is 0 Å². The van der Waals surface area contributed by atoms with Crippen molar-refractivity contribution < 1.29 is 9.47 Å². The summed E-state index contributed by atoms with van der Waals surface area (Å²) < 4.78 is 11.6. The molecule has 4 heterocycles. The fraction of sp³-hybridized carbons (Fsp3) is 0.600. The molecule has 0 spiro atoms. The molecule has 2 aliphatic rings. The summed E-state index contributed by atoms with van der Waals surface area (Å²) in [6.45, 7) is 4.25. The minimum absolute atomic E-state index is 0.191. The largest absolute Gasteiger partial charge is 0.375 e. The number of morpholine rings is 1. The number of aromatic nitrogens is 3. The van der Waals surface area contributed by atoms with Gasteiger partial charge in [-0.05, 0) is 24.3 Å². The number of ether oxygens (including phenoxy) is 2. The van der Waals surface area contributed by atoms with Crippen LogP contribution in [0.2, 0.25) is 0 Å². The molecule has 2 aromatic heterocycles. The zero-order valence-corrected chi connectivity index (χ0v) is 13.2. The lowest BCUT2D eigenvalue weighted by Gasteiger charge is -2.34. The van der Waals surface area contributed by atoms with E-state index in [9.17, 15) is 0 Å². The van der Waals surface area contributed by atoms with E-state index in [0.717, 1.165) is 62.2 Å². The van der Waals surface area contributed by atoms with Gasteiger partial charge in [0.25, 0.3) is 0 Å². The summed E-state index contributed by atoms with van der Waals surface area (Å²) in [5.41, 5.74) is 0. The molecule has 1 N–H and O–H groups in total. The quantitative estimate of drug-likeness (QED) is 0.932. The zero-order chi connectivity index (χ0) is 14.8. The Morgan fingerprint density at radius 1 is 1.32 bits per heavy atom. The molecule has 22 heavy (non-hydrogen) atoms. The highest BCUT2D eigenvalue weighted by molar-refractivity contribution is 7.13. The van der Waals surface area contributed by atoms with Crippen molar-refractivity contribution in [2.45, 2.75) is 31.6 Å². The van der Waals surface area contributed by atoms with Crippen LogP contribution in [0.1, 0.15) is 18.7 Å². The summed E-state index contributed by atoms with van der Waals surface area (Å²) >= 11 is 1.66. The van der Waals surface area contributed by atoms with Gasteiger partial charge in [-0.2, -0.15) is 5.10 Å². The number of nitrogens with zero attached hydrogens (tertiary/aromatic N) is 3. The molecule has 7 heteroatoms. The summed E-state index contributed by atoms with van der Waals surface area (Å²) in [6, 6.07) is 4.06. The Kier molecular flexibility index (Phi) is 4.20. The molecule has 0 aliphatic carbocycles. The number of hydrogen-bond donors (Lipinski definition) is 1. The van der Waals surface area contributed by atoms with Gasteiger partial charge in [-0.1, -0.05) is 6.07 Å². The summed E-state index contributed by atoms with van der Waals surface area (Å²) in [7, 11) is 0. The zero-order valence-electron chi connectivity index (χ0n) is 12.4. The van der Waals surface area contributed by atoms with Crippen molar-refractivity contribution in [2.75, 3.05) is 26.3 Å². The maximum absolute atomic E-state index is 5.88. The average molecular weight is 320 g/mol. The van der Waals surface area contributed by atoms with E-state index in [0.29, 0.717) is 0 Å². The Morgan fingerprint density at radius 2 is 2.27 bits per heavy atom. The van der Waals surface area contributed by atoms with Gasteiger partial charge in [-0.15, -0.1) is 11.3 Å². The number of aromatic amines is 1. The smallest absolute Gasteiger partial charge is 0.191 e. The lowest BCUT2D eigenvalue weighted by atomic mass is 10.1. The Hall–Kier alpha value is -1.28. The third-order valence-electron chi connectivity index (χ3n) is 4.20. The Labute approximate surface area is 133 Å². The average Bonchev–Trinajstić information content (AvgIpc) is 3.29. The summed E-state index contributed by atoms with van der Waals surface area (Å²) in [5.74, 6) is 1.70. The highest BCUT2D eigenvalue weighted by Gasteiger charge is 2.31. The monoisotopic (exact) mass is 320 g/mol. The molecule has 6 nitrogen and oxygen atoms in total. The Morgan fingerprint density at radius 3 is 3.09 bits per heavy atom. The van der Waals surface area contributed by atoms with Crippen LogP contribution in [0.4, 0.5) is 0 Å². The number of H-pyrrole nitrogens is 1. The molecule has 0 bridgehead atoms. The van der Waals surface area contributed by atoms with E-state index < -0.39 is 0 Å². The SMILES string of the molecule is c1csc(-c2n[nH]c(CN3CCO[C@H]([C@H]4CCCO4)C3)n2)c1. The van der Waals surface area contributed by atoms with E-state index in [1.54, 1.807) is 11.3 Å². The van der Waals surface area contributed by atoms with Crippen molar-refractivity contribution in [1.29, 1.82) is 0 Å². The first-order valence-corrected chi connectivity index (χ1v) is 8.67. The normalized spacial score (nSPS) is 26.5. The fourth-order valence-electron chi connectivity index (χ4n) is 3.09. The first kappa shape index (κ1) is 14.3. The van der Waals surface area contributed by atoms with E-state index in [1.807, 2.05) is 17.5 Å². The van der Waals surface area contributed by atoms with E-state index in [1.165, 1.54) is 0 Å². The minimum atomic E-state index is 0.191. The fourth-order valence-corrected chi connectivity index (χ4v) is 3.75. The van der Waals surface area contributed by atoms with Crippen LogP contribution in [0.5, 0.6) is 0 Å². The molecule has 118 valence electrons. The molecule has 2 atom stereocenters. The van der Waals surface area contributed by atoms with Crippen LogP contribution in [0, 0.1) is 0 Å². The molecule has 0 amide bonds.